The number of nitrogen functional groups attached to an aromatic ring is 1. The van der Waals surface area contributed by atoms with Gasteiger partial charge in [-0.3, -0.25) is 4.79 Å². The summed E-state index contributed by atoms with van der Waals surface area (Å²) in [6.07, 6.45) is 4.90. The van der Waals surface area contributed by atoms with E-state index in [9.17, 15) is 4.79 Å². The fraction of sp³-hybridized carbons (Fsp3) is 0.500. The van der Waals surface area contributed by atoms with Gasteiger partial charge in [-0.25, -0.2) is 9.97 Å². The van der Waals surface area contributed by atoms with Gasteiger partial charge in [0.05, 0.1) is 23.6 Å². The molecule has 0 fully saturated rings. The Morgan fingerprint density at radius 1 is 1.42 bits per heavy atom. The van der Waals surface area contributed by atoms with Gasteiger partial charge in [-0.05, 0) is 31.2 Å². The second kappa shape index (κ2) is 7.36. The molecule has 2 heterocycles. The molecular formula is C16H19N5OS2. The number of anilines is 1. The number of aryl methyl sites for hydroxylation is 2. The van der Waals surface area contributed by atoms with Crippen molar-refractivity contribution in [2.75, 3.05) is 25.1 Å². The van der Waals surface area contributed by atoms with Gasteiger partial charge in [-0.1, -0.05) is 11.8 Å². The van der Waals surface area contributed by atoms with Gasteiger partial charge in [-0.15, -0.1) is 11.3 Å². The summed E-state index contributed by atoms with van der Waals surface area (Å²) in [5, 5.41) is 10.1. The Hall–Kier alpha value is -1.85. The van der Waals surface area contributed by atoms with E-state index in [4.69, 9.17) is 11.0 Å². The van der Waals surface area contributed by atoms with Crippen molar-refractivity contribution >= 4 is 45.0 Å². The molecule has 8 heteroatoms. The number of thioether (sulfide) groups is 1. The quantitative estimate of drug-likeness (QED) is 0.649. The van der Waals surface area contributed by atoms with Crippen LogP contribution in [-0.4, -0.2) is 40.1 Å². The predicted octanol–water partition coefficient (Wildman–Crippen LogP) is 2.62. The molecule has 0 saturated heterocycles. The number of carbonyl (C=O) groups is 1. The van der Waals surface area contributed by atoms with Crippen LogP contribution in [0, 0.1) is 11.3 Å². The highest BCUT2D eigenvalue weighted by atomic mass is 32.2. The minimum atomic E-state index is -0.0389. The molecule has 0 radical (unpaired) electrons. The topological polar surface area (TPSA) is 95.9 Å². The predicted molar refractivity (Wildman–Crippen MR) is 97.1 cm³/mol. The largest absolute Gasteiger partial charge is 0.383 e. The van der Waals surface area contributed by atoms with E-state index in [0.717, 1.165) is 23.1 Å². The molecule has 0 aromatic carbocycles. The van der Waals surface area contributed by atoms with Crippen molar-refractivity contribution in [3.8, 4) is 6.07 Å². The Labute approximate surface area is 149 Å². The average molecular weight is 361 g/mol. The van der Waals surface area contributed by atoms with E-state index < -0.39 is 0 Å². The maximum atomic E-state index is 12.0. The number of fused-ring (bicyclic) bond motifs is 3. The summed E-state index contributed by atoms with van der Waals surface area (Å²) >= 11 is 3.00. The monoisotopic (exact) mass is 361 g/mol. The number of nitrogens with zero attached hydrogens (tertiary/aromatic N) is 4. The van der Waals surface area contributed by atoms with Crippen molar-refractivity contribution in [1.82, 2.24) is 14.9 Å². The van der Waals surface area contributed by atoms with Gasteiger partial charge >= 0.3 is 0 Å². The Kier molecular flexibility index (Phi) is 5.21. The number of amides is 1. The number of thiophene rings is 1. The molecule has 0 spiro atoms. The summed E-state index contributed by atoms with van der Waals surface area (Å²) in [6.45, 7) is 0.440. The van der Waals surface area contributed by atoms with E-state index in [0.29, 0.717) is 23.9 Å². The molecule has 3 rings (SSSR count). The molecule has 24 heavy (non-hydrogen) atoms. The minimum absolute atomic E-state index is 0.0389. The Bertz CT molecular complexity index is 811. The zero-order chi connectivity index (χ0) is 17.1. The van der Waals surface area contributed by atoms with Gasteiger partial charge in [0.15, 0.2) is 5.16 Å². The molecule has 2 aromatic heterocycles. The smallest absolute Gasteiger partial charge is 0.232 e. The lowest BCUT2D eigenvalue weighted by molar-refractivity contribution is -0.127. The fourth-order valence-electron chi connectivity index (χ4n) is 2.81. The summed E-state index contributed by atoms with van der Waals surface area (Å²) in [7, 11) is 1.70. The van der Waals surface area contributed by atoms with E-state index >= 15 is 0 Å². The van der Waals surface area contributed by atoms with E-state index in [1.807, 2.05) is 6.07 Å². The van der Waals surface area contributed by atoms with Crippen molar-refractivity contribution in [3.63, 3.8) is 0 Å². The lowest BCUT2D eigenvalue weighted by Crippen LogP contribution is -2.29. The van der Waals surface area contributed by atoms with Gasteiger partial charge in [0.25, 0.3) is 0 Å². The van der Waals surface area contributed by atoms with Crippen molar-refractivity contribution in [3.05, 3.63) is 10.4 Å². The van der Waals surface area contributed by atoms with Crippen LogP contribution in [0.4, 0.5) is 5.82 Å². The molecule has 1 aliphatic carbocycles. The highest BCUT2D eigenvalue weighted by Crippen LogP contribution is 2.38. The molecule has 2 N–H and O–H groups in total. The Morgan fingerprint density at radius 2 is 2.21 bits per heavy atom. The normalized spacial score (nSPS) is 13.5. The zero-order valence-corrected chi connectivity index (χ0v) is 15.2. The molecule has 126 valence electrons. The molecule has 2 aromatic rings. The first-order valence-corrected chi connectivity index (χ1v) is 9.72. The summed E-state index contributed by atoms with van der Waals surface area (Å²) < 4.78 is 0. The SMILES string of the molecule is CN(CCC#N)C(=O)CSc1nc(N)c2c3c(sc2n1)CCCC3. The average Bonchev–Trinajstić information content (AvgIpc) is 2.96. The number of carbonyl (C=O) groups excluding carboxylic acids is 1. The summed E-state index contributed by atoms with van der Waals surface area (Å²) in [5.74, 6) is 0.730. The van der Waals surface area contributed by atoms with Crippen LogP contribution in [0.5, 0.6) is 0 Å². The van der Waals surface area contributed by atoms with Crippen LogP contribution in [0.3, 0.4) is 0 Å². The van der Waals surface area contributed by atoms with E-state index in [-0.39, 0.29) is 11.7 Å². The second-order valence-electron chi connectivity index (χ2n) is 5.79. The van der Waals surface area contributed by atoms with Crippen LogP contribution in [0.2, 0.25) is 0 Å². The van der Waals surface area contributed by atoms with Crippen molar-refractivity contribution < 1.29 is 4.79 Å². The van der Waals surface area contributed by atoms with Crippen LogP contribution in [0.25, 0.3) is 10.2 Å². The van der Waals surface area contributed by atoms with E-state index in [1.54, 1.807) is 23.3 Å². The van der Waals surface area contributed by atoms with Gasteiger partial charge in [0, 0.05) is 18.5 Å². The van der Waals surface area contributed by atoms with Crippen LogP contribution < -0.4 is 5.73 Å². The van der Waals surface area contributed by atoms with Crippen LogP contribution >= 0.6 is 23.1 Å². The van der Waals surface area contributed by atoms with Crippen molar-refractivity contribution in [2.45, 2.75) is 37.3 Å². The summed E-state index contributed by atoms with van der Waals surface area (Å²) in [4.78, 5) is 24.9. The number of rotatable bonds is 5. The van der Waals surface area contributed by atoms with Crippen LogP contribution in [0.15, 0.2) is 5.16 Å². The highest BCUT2D eigenvalue weighted by molar-refractivity contribution is 7.99. The maximum absolute atomic E-state index is 12.0. The molecule has 0 unspecified atom stereocenters. The van der Waals surface area contributed by atoms with Crippen molar-refractivity contribution in [2.24, 2.45) is 0 Å². The summed E-state index contributed by atoms with van der Waals surface area (Å²) in [6, 6.07) is 2.04. The molecule has 6 nitrogen and oxygen atoms in total. The van der Waals surface area contributed by atoms with E-state index in [1.165, 1.54) is 35.0 Å². The zero-order valence-electron chi connectivity index (χ0n) is 13.5. The molecule has 1 amide bonds. The second-order valence-corrected chi connectivity index (χ2v) is 7.82. The number of nitrogens with two attached hydrogens (primary N) is 1. The highest BCUT2D eigenvalue weighted by Gasteiger charge is 2.20. The third-order valence-electron chi connectivity index (χ3n) is 4.13. The van der Waals surface area contributed by atoms with Gasteiger partial charge in [0.2, 0.25) is 5.91 Å². The molecular weight excluding hydrogens is 342 g/mol. The van der Waals surface area contributed by atoms with E-state index in [2.05, 4.69) is 9.97 Å². The lowest BCUT2D eigenvalue weighted by Gasteiger charge is -2.14. The Balaban J connectivity index is 1.74. The number of hydrogen-bond donors (Lipinski definition) is 1. The minimum Gasteiger partial charge on any atom is -0.383 e. The molecule has 0 bridgehead atoms. The Morgan fingerprint density at radius 3 is 3.00 bits per heavy atom. The molecule has 0 saturated carbocycles. The van der Waals surface area contributed by atoms with Crippen LogP contribution in [0.1, 0.15) is 29.7 Å². The third-order valence-corrected chi connectivity index (χ3v) is 6.15. The number of nitriles is 1. The molecule has 1 aliphatic rings. The maximum Gasteiger partial charge on any atom is 0.232 e. The van der Waals surface area contributed by atoms with Crippen LogP contribution in [-0.2, 0) is 17.6 Å². The number of aromatic nitrogens is 2. The number of hydrogen-bond acceptors (Lipinski definition) is 7. The standard InChI is InChI=1S/C16H19N5OS2/c1-21(8-4-7-17)12(22)9-23-16-19-14(18)13-10-5-2-3-6-11(10)24-15(13)20-16/h2-6,8-9H2,1H3,(H2,18,19,20). The molecule has 0 aliphatic heterocycles. The third kappa shape index (κ3) is 3.47. The lowest BCUT2D eigenvalue weighted by atomic mass is 9.97. The first kappa shape index (κ1) is 17.0. The first-order valence-electron chi connectivity index (χ1n) is 7.91. The van der Waals surface area contributed by atoms with Gasteiger partial charge < -0.3 is 10.6 Å². The van der Waals surface area contributed by atoms with Gasteiger partial charge in [0.1, 0.15) is 10.6 Å². The fourth-order valence-corrected chi connectivity index (χ4v) is 4.93. The van der Waals surface area contributed by atoms with Gasteiger partial charge in [-0.2, -0.15) is 5.26 Å². The molecule has 0 atom stereocenters. The van der Waals surface area contributed by atoms with Crippen molar-refractivity contribution in [1.29, 1.82) is 5.26 Å². The first-order chi connectivity index (χ1) is 11.6. The summed E-state index contributed by atoms with van der Waals surface area (Å²) in [5.41, 5.74) is 7.49.